The van der Waals surface area contributed by atoms with Gasteiger partial charge in [-0.3, -0.25) is 9.97 Å². The first kappa shape index (κ1) is 11.8. The first-order valence-electron chi connectivity index (χ1n) is 7.24. The minimum Gasteiger partial charge on any atom is -0.304 e. The van der Waals surface area contributed by atoms with E-state index >= 15 is 0 Å². The van der Waals surface area contributed by atoms with Gasteiger partial charge in [0.2, 0.25) is 0 Å². The predicted octanol–water partition coefficient (Wildman–Crippen LogP) is 3.00. The molecule has 0 saturated heterocycles. The lowest BCUT2D eigenvalue weighted by Gasteiger charge is -2.32. The summed E-state index contributed by atoms with van der Waals surface area (Å²) in [6, 6.07) is 4.12. The van der Waals surface area contributed by atoms with Crippen molar-refractivity contribution < 1.29 is 0 Å². The van der Waals surface area contributed by atoms with Gasteiger partial charge in [0.25, 0.3) is 0 Å². The first-order valence-corrected chi connectivity index (χ1v) is 7.24. The van der Waals surface area contributed by atoms with Gasteiger partial charge in [-0.25, -0.2) is 9.97 Å². The normalized spacial score (nSPS) is 15.2. The number of fused-ring (bicyclic) bond motifs is 5. The number of rotatable bonds is 0. The Bertz CT molecular complexity index is 1060. The number of aromatic nitrogens is 5. The summed E-state index contributed by atoms with van der Waals surface area (Å²) in [5.74, 6) is 0. The fourth-order valence-electron chi connectivity index (χ4n) is 3.61. The van der Waals surface area contributed by atoms with Crippen LogP contribution < -0.4 is 0 Å². The van der Waals surface area contributed by atoms with Crippen molar-refractivity contribution >= 4 is 21.9 Å². The highest BCUT2D eigenvalue weighted by atomic mass is 15.1. The van der Waals surface area contributed by atoms with Gasteiger partial charge in [-0.1, -0.05) is 0 Å². The fourth-order valence-corrected chi connectivity index (χ4v) is 3.61. The molecule has 4 aromatic heterocycles. The van der Waals surface area contributed by atoms with Crippen LogP contribution in [0.3, 0.4) is 0 Å². The van der Waals surface area contributed by atoms with Crippen molar-refractivity contribution in [3.05, 3.63) is 54.5 Å². The number of hydrogen-bond acceptors (Lipinski definition) is 4. The van der Waals surface area contributed by atoms with Crippen molar-refractivity contribution in [3.63, 3.8) is 0 Å². The lowest BCUT2D eigenvalue weighted by molar-refractivity contribution is 0.602. The average molecular weight is 287 g/mol. The smallest absolute Gasteiger partial charge is 0.115 e. The van der Waals surface area contributed by atoms with E-state index in [9.17, 15) is 0 Å². The van der Waals surface area contributed by atoms with Crippen molar-refractivity contribution in [1.82, 2.24) is 24.5 Å². The maximum atomic E-state index is 4.61. The molecule has 1 aliphatic heterocycles. The van der Waals surface area contributed by atoms with Crippen LogP contribution in [0.2, 0.25) is 0 Å². The Kier molecular flexibility index (Phi) is 1.97. The first-order chi connectivity index (χ1) is 10.7. The van der Waals surface area contributed by atoms with Crippen molar-refractivity contribution in [2.45, 2.75) is 19.3 Å². The van der Waals surface area contributed by atoms with Crippen LogP contribution in [0.5, 0.6) is 0 Å². The number of nitrogens with zero attached hydrogens (tertiary/aromatic N) is 5. The average Bonchev–Trinajstić information content (AvgIpc) is 2.88. The Morgan fingerprint density at radius 2 is 1.91 bits per heavy atom. The molecule has 5 heteroatoms. The summed E-state index contributed by atoms with van der Waals surface area (Å²) >= 11 is 0. The quantitative estimate of drug-likeness (QED) is 0.499. The van der Waals surface area contributed by atoms with Crippen LogP contribution in [-0.2, 0) is 5.41 Å². The summed E-state index contributed by atoms with van der Waals surface area (Å²) in [5, 5.41) is 1.06. The molecule has 5 nitrogen and oxygen atoms in total. The molecule has 0 radical (unpaired) electrons. The van der Waals surface area contributed by atoms with Crippen LogP contribution in [0.15, 0.2) is 43.2 Å². The van der Waals surface area contributed by atoms with Gasteiger partial charge >= 0.3 is 0 Å². The molecule has 0 fully saturated rings. The zero-order valence-corrected chi connectivity index (χ0v) is 12.3. The molecule has 0 spiro atoms. The molecule has 0 aliphatic carbocycles. The molecule has 0 atom stereocenters. The Morgan fingerprint density at radius 1 is 1.00 bits per heavy atom. The Hall–Kier alpha value is -2.82. The van der Waals surface area contributed by atoms with Gasteiger partial charge < -0.3 is 4.57 Å². The summed E-state index contributed by atoms with van der Waals surface area (Å²) < 4.78 is 2.22. The second-order valence-corrected chi connectivity index (χ2v) is 6.17. The number of pyridine rings is 2. The molecule has 0 N–H and O–H groups in total. The van der Waals surface area contributed by atoms with Crippen LogP contribution in [-0.4, -0.2) is 24.5 Å². The molecule has 5 rings (SSSR count). The Morgan fingerprint density at radius 3 is 2.82 bits per heavy atom. The minimum absolute atomic E-state index is 0.183. The topological polar surface area (TPSA) is 56.5 Å². The van der Waals surface area contributed by atoms with E-state index in [0.29, 0.717) is 0 Å². The third-order valence-electron chi connectivity index (χ3n) is 4.64. The van der Waals surface area contributed by atoms with E-state index in [1.165, 1.54) is 5.56 Å². The van der Waals surface area contributed by atoms with Crippen molar-refractivity contribution in [2.24, 2.45) is 0 Å². The van der Waals surface area contributed by atoms with Gasteiger partial charge in [0.15, 0.2) is 0 Å². The molecule has 0 saturated carbocycles. The summed E-state index contributed by atoms with van der Waals surface area (Å²) in [5.41, 5.74) is 6.34. The van der Waals surface area contributed by atoms with Crippen molar-refractivity contribution in [2.75, 3.05) is 0 Å². The molecule has 1 aliphatic rings. The molecule has 0 aromatic carbocycles. The molecule has 0 bridgehead atoms. The molecule has 106 valence electrons. The SMILES string of the molecule is CC1(C)c2ncncc2-n2c3ccncc3c3nccc1c32. The highest BCUT2D eigenvalue weighted by Crippen LogP contribution is 2.45. The molecule has 0 unspecified atom stereocenters. The molecular formula is C17H13N5. The van der Waals surface area contributed by atoms with E-state index in [2.05, 4.69) is 44.4 Å². The maximum absolute atomic E-state index is 4.61. The zero-order chi connectivity index (χ0) is 14.9. The lowest BCUT2D eigenvalue weighted by Crippen LogP contribution is -2.28. The summed E-state index contributed by atoms with van der Waals surface area (Å²) in [6.07, 6.45) is 9.08. The van der Waals surface area contributed by atoms with E-state index in [-0.39, 0.29) is 5.41 Å². The zero-order valence-electron chi connectivity index (χ0n) is 12.3. The Labute approximate surface area is 126 Å². The van der Waals surface area contributed by atoms with E-state index in [1.54, 1.807) is 6.33 Å². The van der Waals surface area contributed by atoms with Gasteiger partial charge in [-0.05, 0) is 31.5 Å². The summed E-state index contributed by atoms with van der Waals surface area (Å²) in [7, 11) is 0. The van der Waals surface area contributed by atoms with E-state index in [1.807, 2.05) is 30.9 Å². The van der Waals surface area contributed by atoms with Gasteiger partial charge in [-0.15, -0.1) is 0 Å². The second kappa shape index (κ2) is 3.68. The molecule has 22 heavy (non-hydrogen) atoms. The maximum Gasteiger partial charge on any atom is 0.115 e. The van der Waals surface area contributed by atoms with Crippen LogP contribution in [0.1, 0.15) is 25.1 Å². The van der Waals surface area contributed by atoms with Gasteiger partial charge in [0.05, 0.1) is 34.1 Å². The van der Waals surface area contributed by atoms with Crippen LogP contribution in [0, 0.1) is 0 Å². The van der Waals surface area contributed by atoms with E-state index < -0.39 is 0 Å². The third-order valence-corrected chi connectivity index (χ3v) is 4.64. The fraction of sp³-hybridized carbons (Fsp3) is 0.176. The third kappa shape index (κ3) is 1.20. The number of hydrogen-bond donors (Lipinski definition) is 0. The summed E-state index contributed by atoms with van der Waals surface area (Å²) in [4.78, 5) is 17.7. The lowest BCUT2D eigenvalue weighted by atomic mass is 9.78. The second-order valence-electron chi connectivity index (χ2n) is 6.17. The van der Waals surface area contributed by atoms with Crippen LogP contribution in [0.25, 0.3) is 27.6 Å². The molecular weight excluding hydrogens is 274 g/mol. The highest BCUT2D eigenvalue weighted by molar-refractivity contribution is 6.08. The molecule has 5 heterocycles. The predicted molar refractivity (Wildman–Crippen MR) is 84.1 cm³/mol. The molecule has 4 aromatic rings. The Balaban J connectivity index is 2.15. The van der Waals surface area contributed by atoms with Crippen molar-refractivity contribution in [1.29, 1.82) is 0 Å². The minimum atomic E-state index is -0.183. The largest absolute Gasteiger partial charge is 0.304 e. The monoisotopic (exact) mass is 287 g/mol. The van der Waals surface area contributed by atoms with Crippen molar-refractivity contribution in [3.8, 4) is 5.69 Å². The molecule has 0 amide bonds. The van der Waals surface area contributed by atoms with Crippen LogP contribution >= 0.6 is 0 Å². The standard InChI is InChI=1S/C17H13N5/c1-17(2)11-3-6-20-14-10-7-18-5-4-12(10)22(15(11)14)13-8-19-9-21-16(13)17/h3-9H,1-2H3. The van der Waals surface area contributed by atoms with Crippen LogP contribution in [0.4, 0.5) is 0 Å². The highest BCUT2D eigenvalue weighted by Gasteiger charge is 2.36. The van der Waals surface area contributed by atoms with Gasteiger partial charge in [0, 0.05) is 29.4 Å². The van der Waals surface area contributed by atoms with Gasteiger partial charge in [-0.2, -0.15) is 0 Å². The summed E-state index contributed by atoms with van der Waals surface area (Å²) in [6.45, 7) is 4.40. The van der Waals surface area contributed by atoms with E-state index in [0.717, 1.165) is 33.3 Å². The van der Waals surface area contributed by atoms with E-state index in [4.69, 9.17) is 0 Å². The van der Waals surface area contributed by atoms with Gasteiger partial charge in [0.1, 0.15) is 6.33 Å².